The Labute approximate surface area is 130 Å². The number of methoxy groups -OCH3 is 1. The Hall–Kier alpha value is -1.66. The average Bonchev–Trinajstić information content (AvgIpc) is 2.47. The molecule has 0 saturated carbocycles. The molecule has 0 bridgehead atoms. The first-order chi connectivity index (χ1) is 10.5. The van der Waals surface area contributed by atoms with Crippen molar-refractivity contribution in [2.24, 2.45) is 5.73 Å². The van der Waals surface area contributed by atoms with Gasteiger partial charge in [-0.05, 0) is 24.6 Å². The molecule has 0 radical (unpaired) electrons. The zero-order valence-corrected chi connectivity index (χ0v) is 13.2. The van der Waals surface area contributed by atoms with Crippen molar-refractivity contribution in [3.8, 4) is 5.75 Å². The number of piperazine rings is 1. The highest BCUT2D eigenvalue weighted by molar-refractivity contribution is 5.76. The van der Waals surface area contributed by atoms with E-state index in [0.717, 1.165) is 18.7 Å². The van der Waals surface area contributed by atoms with Gasteiger partial charge in [0.05, 0.1) is 7.11 Å². The highest BCUT2D eigenvalue weighted by atomic mass is 19.1. The summed E-state index contributed by atoms with van der Waals surface area (Å²) in [5.74, 6) is 0.0333. The van der Waals surface area contributed by atoms with Gasteiger partial charge in [0.15, 0.2) is 11.6 Å². The number of ether oxygens (including phenoxy) is 1. The maximum absolute atomic E-state index is 13.7. The Bertz CT molecular complexity index is 514. The van der Waals surface area contributed by atoms with Crippen molar-refractivity contribution >= 4 is 5.91 Å². The number of carbonyl (C=O) groups is 1. The predicted molar refractivity (Wildman–Crippen MR) is 83.1 cm³/mol. The first kappa shape index (κ1) is 16.7. The lowest BCUT2D eigenvalue weighted by atomic mass is 10.1. The fourth-order valence-corrected chi connectivity index (χ4v) is 2.63. The third kappa shape index (κ3) is 4.42. The molecule has 1 aromatic rings. The summed E-state index contributed by atoms with van der Waals surface area (Å²) in [5, 5.41) is 0. The Morgan fingerprint density at radius 2 is 2.05 bits per heavy atom. The molecule has 0 aromatic heterocycles. The lowest BCUT2D eigenvalue weighted by Gasteiger charge is -2.35. The standard InChI is InChI=1S/C16H24FN3O2/c1-12(18)9-16(21)20-7-5-19(6-8-20)11-13-3-4-15(22-2)14(17)10-13/h3-4,10,12H,5-9,11,18H2,1-2H3. The van der Waals surface area contributed by atoms with Gasteiger partial charge in [-0.25, -0.2) is 4.39 Å². The van der Waals surface area contributed by atoms with Crippen molar-refractivity contribution in [3.05, 3.63) is 29.6 Å². The fourth-order valence-electron chi connectivity index (χ4n) is 2.63. The van der Waals surface area contributed by atoms with Crippen molar-refractivity contribution in [2.45, 2.75) is 25.9 Å². The quantitative estimate of drug-likeness (QED) is 0.888. The minimum atomic E-state index is -0.342. The van der Waals surface area contributed by atoms with E-state index in [9.17, 15) is 9.18 Å². The van der Waals surface area contributed by atoms with Gasteiger partial charge in [0.1, 0.15) is 0 Å². The highest BCUT2D eigenvalue weighted by Gasteiger charge is 2.21. The van der Waals surface area contributed by atoms with Crippen LogP contribution in [-0.2, 0) is 11.3 Å². The molecule has 2 N–H and O–H groups in total. The number of nitrogens with zero attached hydrogens (tertiary/aromatic N) is 2. The summed E-state index contributed by atoms with van der Waals surface area (Å²) in [6.07, 6.45) is 0.393. The van der Waals surface area contributed by atoms with Crippen LogP contribution in [0.15, 0.2) is 18.2 Å². The molecule has 1 heterocycles. The lowest BCUT2D eigenvalue weighted by Crippen LogP contribution is -2.49. The molecular formula is C16H24FN3O2. The van der Waals surface area contributed by atoms with Crippen LogP contribution in [0.25, 0.3) is 0 Å². The number of benzene rings is 1. The molecule has 6 heteroatoms. The molecule has 22 heavy (non-hydrogen) atoms. The van der Waals surface area contributed by atoms with Gasteiger partial charge < -0.3 is 15.4 Å². The van der Waals surface area contributed by atoms with Gasteiger partial charge in [-0.15, -0.1) is 0 Å². The van der Waals surface area contributed by atoms with E-state index in [1.807, 2.05) is 17.9 Å². The second-order valence-corrected chi connectivity index (χ2v) is 5.81. The summed E-state index contributed by atoms with van der Waals surface area (Å²) in [5.41, 5.74) is 6.57. The Balaban J connectivity index is 1.85. The Morgan fingerprint density at radius 3 is 2.59 bits per heavy atom. The van der Waals surface area contributed by atoms with Gasteiger partial charge in [-0.1, -0.05) is 6.07 Å². The number of rotatable bonds is 5. The Morgan fingerprint density at radius 1 is 1.36 bits per heavy atom. The molecule has 0 aliphatic carbocycles. The maximum Gasteiger partial charge on any atom is 0.224 e. The van der Waals surface area contributed by atoms with Crippen LogP contribution < -0.4 is 10.5 Å². The molecule has 1 aliphatic heterocycles. The van der Waals surface area contributed by atoms with Crippen LogP contribution in [0.1, 0.15) is 18.9 Å². The van der Waals surface area contributed by atoms with E-state index in [1.54, 1.807) is 6.07 Å². The van der Waals surface area contributed by atoms with Crippen LogP contribution in [-0.4, -0.2) is 55.0 Å². The van der Waals surface area contributed by atoms with Crippen LogP contribution in [0.2, 0.25) is 0 Å². The topological polar surface area (TPSA) is 58.8 Å². The van der Waals surface area contributed by atoms with Gasteiger partial charge in [0.25, 0.3) is 0 Å². The molecule has 1 atom stereocenters. The normalized spacial score (nSPS) is 17.4. The van der Waals surface area contributed by atoms with E-state index in [2.05, 4.69) is 4.90 Å². The monoisotopic (exact) mass is 309 g/mol. The van der Waals surface area contributed by atoms with Crippen LogP contribution in [0.4, 0.5) is 4.39 Å². The largest absolute Gasteiger partial charge is 0.494 e. The lowest BCUT2D eigenvalue weighted by molar-refractivity contribution is -0.133. The summed E-state index contributed by atoms with van der Waals surface area (Å²) < 4.78 is 18.6. The molecule has 5 nitrogen and oxygen atoms in total. The SMILES string of the molecule is COc1ccc(CN2CCN(C(=O)CC(C)N)CC2)cc1F. The molecule has 122 valence electrons. The molecule has 1 fully saturated rings. The van der Waals surface area contributed by atoms with E-state index >= 15 is 0 Å². The molecule has 2 rings (SSSR count). The highest BCUT2D eigenvalue weighted by Crippen LogP contribution is 2.19. The zero-order valence-electron chi connectivity index (χ0n) is 13.2. The van der Waals surface area contributed by atoms with E-state index < -0.39 is 0 Å². The third-order valence-corrected chi connectivity index (χ3v) is 3.84. The first-order valence-electron chi connectivity index (χ1n) is 7.57. The van der Waals surface area contributed by atoms with Crippen molar-refractivity contribution in [3.63, 3.8) is 0 Å². The van der Waals surface area contributed by atoms with E-state index in [-0.39, 0.29) is 23.5 Å². The van der Waals surface area contributed by atoms with Gasteiger partial charge in [-0.2, -0.15) is 0 Å². The maximum atomic E-state index is 13.7. The molecule has 1 aromatic carbocycles. The smallest absolute Gasteiger partial charge is 0.224 e. The number of amides is 1. The average molecular weight is 309 g/mol. The van der Waals surface area contributed by atoms with Crippen LogP contribution >= 0.6 is 0 Å². The molecular weight excluding hydrogens is 285 g/mol. The van der Waals surface area contributed by atoms with E-state index in [0.29, 0.717) is 26.1 Å². The minimum absolute atomic E-state index is 0.104. The van der Waals surface area contributed by atoms with Crippen molar-refractivity contribution in [1.29, 1.82) is 0 Å². The predicted octanol–water partition coefficient (Wildman–Crippen LogP) is 1.22. The van der Waals surface area contributed by atoms with E-state index in [1.165, 1.54) is 13.2 Å². The minimum Gasteiger partial charge on any atom is -0.494 e. The zero-order chi connectivity index (χ0) is 16.1. The van der Waals surface area contributed by atoms with Crippen molar-refractivity contribution in [2.75, 3.05) is 33.3 Å². The number of nitrogens with two attached hydrogens (primary N) is 1. The molecule has 1 unspecified atom stereocenters. The van der Waals surface area contributed by atoms with Crippen LogP contribution in [0.3, 0.4) is 0 Å². The summed E-state index contributed by atoms with van der Waals surface area (Å²) in [4.78, 5) is 16.0. The van der Waals surface area contributed by atoms with Crippen LogP contribution in [0.5, 0.6) is 5.75 Å². The first-order valence-corrected chi connectivity index (χ1v) is 7.57. The van der Waals surface area contributed by atoms with Gasteiger partial charge in [0.2, 0.25) is 5.91 Å². The summed E-state index contributed by atoms with van der Waals surface area (Å²) >= 11 is 0. The molecule has 1 saturated heterocycles. The van der Waals surface area contributed by atoms with Gasteiger partial charge >= 0.3 is 0 Å². The number of halogens is 1. The second-order valence-electron chi connectivity index (χ2n) is 5.81. The number of carbonyl (C=O) groups excluding carboxylic acids is 1. The molecule has 1 aliphatic rings. The van der Waals surface area contributed by atoms with Crippen molar-refractivity contribution < 1.29 is 13.9 Å². The van der Waals surface area contributed by atoms with Crippen LogP contribution in [0, 0.1) is 5.82 Å². The van der Waals surface area contributed by atoms with Gasteiger partial charge in [-0.3, -0.25) is 9.69 Å². The molecule has 0 spiro atoms. The summed E-state index contributed by atoms with van der Waals surface area (Å²) in [6.45, 7) is 5.49. The van der Waals surface area contributed by atoms with Gasteiger partial charge in [0, 0.05) is 45.2 Å². The third-order valence-electron chi connectivity index (χ3n) is 3.84. The fraction of sp³-hybridized carbons (Fsp3) is 0.562. The second kappa shape index (κ2) is 7.56. The Kier molecular flexibility index (Phi) is 5.74. The number of hydrogen-bond acceptors (Lipinski definition) is 4. The summed E-state index contributed by atoms with van der Waals surface area (Å²) in [7, 11) is 1.45. The number of hydrogen-bond donors (Lipinski definition) is 1. The van der Waals surface area contributed by atoms with E-state index in [4.69, 9.17) is 10.5 Å². The molecule has 1 amide bonds. The van der Waals surface area contributed by atoms with Crippen molar-refractivity contribution in [1.82, 2.24) is 9.80 Å². The summed E-state index contributed by atoms with van der Waals surface area (Å²) in [6, 6.07) is 4.92.